The van der Waals surface area contributed by atoms with Gasteiger partial charge in [-0.15, -0.1) is 0 Å². The van der Waals surface area contributed by atoms with Gasteiger partial charge in [0.05, 0.1) is 5.52 Å². The molecule has 0 bridgehead atoms. The molecule has 28 heavy (non-hydrogen) atoms. The Morgan fingerprint density at radius 2 is 1.86 bits per heavy atom. The van der Waals surface area contributed by atoms with Crippen LogP contribution in [0.3, 0.4) is 0 Å². The predicted molar refractivity (Wildman–Crippen MR) is 114 cm³/mol. The average molecular weight is 376 g/mol. The Bertz CT molecular complexity index is 883. The van der Waals surface area contributed by atoms with Gasteiger partial charge in [0.25, 0.3) is 0 Å². The Labute approximate surface area is 167 Å². The number of pyridine rings is 1. The van der Waals surface area contributed by atoms with Crippen molar-refractivity contribution < 1.29 is 5.11 Å². The Kier molecular flexibility index (Phi) is 6.32. The van der Waals surface area contributed by atoms with Crippen molar-refractivity contribution in [1.29, 1.82) is 0 Å². The molecule has 0 radical (unpaired) electrons. The molecule has 0 spiro atoms. The highest BCUT2D eigenvalue weighted by Crippen LogP contribution is 2.19. The van der Waals surface area contributed by atoms with Crippen LogP contribution in [0.1, 0.15) is 17.5 Å². The molecular formula is C24H29N3O. The van der Waals surface area contributed by atoms with Gasteiger partial charge in [0.1, 0.15) is 0 Å². The summed E-state index contributed by atoms with van der Waals surface area (Å²) in [4.78, 5) is 9.50. The third-order valence-corrected chi connectivity index (χ3v) is 5.76. The van der Waals surface area contributed by atoms with Gasteiger partial charge in [-0.3, -0.25) is 14.8 Å². The molecule has 0 amide bonds. The fourth-order valence-corrected chi connectivity index (χ4v) is 4.22. The van der Waals surface area contributed by atoms with Gasteiger partial charge >= 0.3 is 0 Å². The lowest BCUT2D eigenvalue weighted by Gasteiger charge is -2.41. The minimum Gasteiger partial charge on any atom is -0.396 e. The summed E-state index contributed by atoms with van der Waals surface area (Å²) in [5.74, 6) is 0. The monoisotopic (exact) mass is 375 g/mol. The zero-order valence-corrected chi connectivity index (χ0v) is 16.4. The van der Waals surface area contributed by atoms with Crippen LogP contribution in [0.25, 0.3) is 10.9 Å². The Hall–Kier alpha value is -2.27. The van der Waals surface area contributed by atoms with Crippen LogP contribution >= 0.6 is 0 Å². The van der Waals surface area contributed by atoms with Crippen LogP contribution in [0.4, 0.5) is 0 Å². The fraction of sp³-hybridized carbons (Fsp3) is 0.375. The fourth-order valence-electron chi connectivity index (χ4n) is 4.22. The first-order valence-corrected chi connectivity index (χ1v) is 10.3. The summed E-state index contributed by atoms with van der Waals surface area (Å²) in [6.45, 7) is 5.42. The number of fused-ring (bicyclic) bond motifs is 1. The van der Waals surface area contributed by atoms with E-state index < -0.39 is 0 Å². The van der Waals surface area contributed by atoms with E-state index in [9.17, 15) is 5.11 Å². The number of aliphatic hydroxyl groups is 1. The number of nitrogens with zero attached hydrogens (tertiary/aromatic N) is 3. The van der Waals surface area contributed by atoms with Gasteiger partial charge in [0.15, 0.2) is 0 Å². The van der Waals surface area contributed by atoms with Gasteiger partial charge in [0.2, 0.25) is 0 Å². The summed E-state index contributed by atoms with van der Waals surface area (Å²) < 4.78 is 0. The second-order valence-corrected chi connectivity index (χ2v) is 7.70. The molecule has 2 heterocycles. The molecule has 1 saturated heterocycles. The van der Waals surface area contributed by atoms with Crippen LogP contribution in [-0.2, 0) is 13.0 Å². The van der Waals surface area contributed by atoms with E-state index in [0.29, 0.717) is 6.04 Å². The third-order valence-electron chi connectivity index (χ3n) is 5.76. The maximum atomic E-state index is 9.56. The first kappa shape index (κ1) is 19.1. The third kappa shape index (κ3) is 4.76. The van der Waals surface area contributed by atoms with Gasteiger partial charge in [-0.1, -0.05) is 42.5 Å². The van der Waals surface area contributed by atoms with Gasteiger partial charge in [-0.25, -0.2) is 0 Å². The quantitative estimate of drug-likeness (QED) is 0.687. The molecule has 2 aromatic carbocycles. The van der Waals surface area contributed by atoms with Crippen LogP contribution < -0.4 is 0 Å². The first-order valence-electron chi connectivity index (χ1n) is 10.3. The number of hydrogen-bond acceptors (Lipinski definition) is 4. The molecular weight excluding hydrogens is 346 g/mol. The normalized spacial score (nSPS) is 18.5. The van der Waals surface area contributed by atoms with E-state index in [1.807, 2.05) is 12.3 Å². The lowest BCUT2D eigenvalue weighted by molar-refractivity contribution is 0.0562. The van der Waals surface area contributed by atoms with Crippen LogP contribution in [0.15, 0.2) is 66.9 Å². The largest absolute Gasteiger partial charge is 0.396 e. The van der Waals surface area contributed by atoms with Crippen molar-refractivity contribution in [3.05, 3.63) is 78.0 Å². The summed E-state index contributed by atoms with van der Waals surface area (Å²) in [5, 5.41) is 10.8. The molecule has 1 N–H and O–H groups in total. The van der Waals surface area contributed by atoms with E-state index in [-0.39, 0.29) is 6.61 Å². The zero-order chi connectivity index (χ0) is 19.2. The van der Waals surface area contributed by atoms with Crippen LogP contribution in [0.2, 0.25) is 0 Å². The van der Waals surface area contributed by atoms with Gasteiger partial charge in [0, 0.05) is 57.0 Å². The maximum absolute atomic E-state index is 9.56. The number of piperazine rings is 1. The number of rotatable bonds is 7. The summed E-state index contributed by atoms with van der Waals surface area (Å²) in [5.41, 5.74) is 3.77. The van der Waals surface area contributed by atoms with E-state index in [1.165, 1.54) is 16.5 Å². The Balaban J connectivity index is 1.37. The molecule has 1 aliphatic rings. The molecule has 146 valence electrons. The van der Waals surface area contributed by atoms with Crippen molar-refractivity contribution in [1.82, 2.24) is 14.8 Å². The SMILES string of the molecule is OCC[C@H]1CN(Cc2ccc3ncccc3c2)CCN1CCc1ccccc1. The van der Waals surface area contributed by atoms with Crippen molar-refractivity contribution in [2.75, 3.05) is 32.8 Å². The van der Waals surface area contributed by atoms with Crippen LogP contribution in [0, 0.1) is 0 Å². The van der Waals surface area contributed by atoms with Crippen molar-refractivity contribution in [2.24, 2.45) is 0 Å². The number of hydrogen-bond donors (Lipinski definition) is 1. The molecule has 4 rings (SSSR count). The second kappa shape index (κ2) is 9.28. The van der Waals surface area contributed by atoms with Gasteiger partial charge in [-0.05, 0) is 42.2 Å². The Morgan fingerprint density at radius 1 is 0.964 bits per heavy atom. The van der Waals surface area contributed by atoms with E-state index in [0.717, 1.165) is 51.1 Å². The van der Waals surface area contributed by atoms with E-state index in [4.69, 9.17) is 0 Å². The molecule has 0 saturated carbocycles. The number of benzene rings is 2. The van der Waals surface area contributed by atoms with Crippen molar-refractivity contribution in [3.63, 3.8) is 0 Å². The summed E-state index contributed by atoms with van der Waals surface area (Å²) >= 11 is 0. The predicted octanol–water partition coefficient (Wildman–Crippen LogP) is 3.35. The first-order chi connectivity index (χ1) is 13.8. The van der Waals surface area contributed by atoms with E-state index in [1.54, 1.807) is 0 Å². The van der Waals surface area contributed by atoms with Crippen molar-refractivity contribution >= 4 is 10.9 Å². The minimum atomic E-state index is 0.252. The molecule has 1 aromatic heterocycles. The molecule has 4 heteroatoms. The van der Waals surface area contributed by atoms with E-state index >= 15 is 0 Å². The van der Waals surface area contributed by atoms with Gasteiger partial charge < -0.3 is 5.11 Å². The second-order valence-electron chi connectivity index (χ2n) is 7.70. The summed E-state index contributed by atoms with van der Waals surface area (Å²) in [7, 11) is 0. The highest BCUT2D eigenvalue weighted by atomic mass is 16.3. The molecule has 1 fully saturated rings. The highest BCUT2D eigenvalue weighted by molar-refractivity contribution is 5.78. The van der Waals surface area contributed by atoms with Crippen molar-refractivity contribution in [3.8, 4) is 0 Å². The summed E-state index contributed by atoms with van der Waals surface area (Å²) in [6.07, 6.45) is 3.75. The number of aromatic nitrogens is 1. The Morgan fingerprint density at radius 3 is 2.71 bits per heavy atom. The van der Waals surface area contributed by atoms with E-state index in [2.05, 4.69) is 69.4 Å². The lowest BCUT2D eigenvalue weighted by Crippen LogP contribution is -2.53. The minimum absolute atomic E-state index is 0.252. The molecule has 0 unspecified atom stereocenters. The topological polar surface area (TPSA) is 39.6 Å². The average Bonchev–Trinajstić information content (AvgIpc) is 2.74. The standard InChI is InChI=1S/C24H29N3O/c28-16-11-23-19-26(14-15-27(23)13-10-20-5-2-1-3-6-20)18-21-8-9-24-22(17-21)7-4-12-25-24/h1-9,12,17,23,28H,10-11,13-16,18-19H2/t23-/m0/s1. The number of aliphatic hydroxyl groups excluding tert-OH is 1. The summed E-state index contributed by atoms with van der Waals surface area (Å²) in [6, 6.07) is 21.8. The molecule has 0 aliphatic carbocycles. The molecule has 3 aromatic rings. The smallest absolute Gasteiger partial charge is 0.0702 e. The van der Waals surface area contributed by atoms with Gasteiger partial charge in [-0.2, -0.15) is 0 Å². The molecule has 1 atom stereocenters. The molecule has 4 nitrogen and oxygen atoms in total. The highest BCUT2D eigenvalue weighted by Gasteiger charge is 2.26. The van der Waals surface area contributed by atoms with Crippen LogP contribution in [0.5, 0.6) is 0 Å². The zero-order valence-electron chi connectivity index (χ0n) is 16.4. The van der Waals surface area contributed by atoms with Crippen LogP contribution in [-0.4, -0.2) is 58.7 Å². The van der Waals surface area contributed by atoms with Crippen molar-refractivity contribution in [2.45, 2.75) is 25.4 Å². The maximum Gasteiger partial charge on any atom is 0.0702 e. The lowest BCUT2D eigenvalue weighted by atomic mass is 10.1. The molecule has 1 aliphatic heterocycles.